The van der Waals surface area contributed by atoms with Gasteiger partial charge in [0, 0.05) is 26.4 Å². The van der Waals surface area contributed by atoms with Gasteiger partial charge in [0.1, 0.15) is 23.2 Å². The van der Waals surface area contributed by atoms with E-state index in [0.29, 0.717) is 5.69 Å². The molecule has 0 aliphatic carbocycles. The lowest BCUT2D eigenvalue weighted by Crippen LogP contribution is -2.09. The Hall–Kier alpha value is -2.94. The molecule has 2 aromatic rings. The fourth-order valence-electron chi connectivity index (χ4n) is 2.03. The highest BCUT2D eigenvalue weighted by Crippen LogP contribution is 2.35. The SMILES string of the molecule is C/C=N\c1ccc(Oc2c(F)ccc(F)c2C#N)cc1N(C)C. The lowest BCUT2D eigenvalue weighted by molar-refractivity contribution is 0.434. The summed E-state index contributed by atoms with van der Waals surface area (Å²) >= 11 is 0. The molecule has 118 valence electrons. The Morgan fingerprint density at radius 3 is 2.48 bits per heavy atom. The average molecular weight is 315 g/mol. The van der Waals surface area contributed by atoms with Crippen LogP contribution in [0.25, 0.3) is 0 Å². The summed E-state index contributed by atoms with van der Waals surface area (Å²) in [6.07, 6.45) is 1.66. The molecule has 6 heteroatoms. The van der Waals surface area contributed by atoms with Gasteiger partial charge >= 0.3 is 0 Å². The van der Waals surface area contributed by atoms with Crippen molar-refractivity contribution < 1.29 is 13.5 Å². The monoisotopic (exact) mass is 315 g/mol. The highest BCUT2D eigenvalue weighted by atomic mass is 19.1. The van der Waals surface area contributed by atoms with Crippen molar-refractivity contribution in [3.05, 3.63) is 47.5 Å². The zero-order valence-electron chi connectivity index (χ0n) is 13.0. The van der Waals surface area contributed by atoms with Gasteiger partial charge in [-0.05, 0) is 31.2 Å². The molecule has 0 saturated heterocycles. The van der Waals surface area contributed by atoms with Crippen LogP contribution in [0.2, 0.25) is 0 Å². The number of aliphatic imine (C=N–C) groups is 1. The molecule has 0 bridgehead atoms. The largest absolute Gasteiger partial charge is 0.453 e. The smallest absolute Gasteiger partial charge is 0.183 e. The van der Waals surface area contributed by atoms with Crippen LogP contribution in [0.15, 0.2) is 35.3 Å². The maximum absolute atomic E-state index is 13.9. The molecule has 0 atom stereocenters. The molecule has 23 heavy (non-hydrogen) atoms. The van der Waals surface area contributed by atoms with Crippen LogP contribution in [0.5, 0.6) is 11.5 Å². The quantitative estimate of drug-likeness (QED) is 0.785. The summed E-state index contributed by atoms with van der Waals surface area (Å²) < 4.78 is 32.9. The van der Waals surface area contributed by atoms with E-state index >= 15 is 0 Å². The van der Waals surface area contributed by atoms with Crippen LogP contribution in [0.3, 0.4) is 0 Å². The van der Waals surface area contributed by atoms with Crippen molar-refractivity contribution in [3.63, 3.8) is 0 Å². The van der Waals surface area contributed by atoms with Gasteiger partial charge in [-0.3, -0.25) is 4.99 Å². The van der Waals surface area contributed by atoms with E-state index in [1.165, 1.54) is 0 Å². The van der Waals surface area contributed by atoms with E-state index in [0.717, 1.165) is 17.8 Å². The number of rotatable bonds is 4. The average Bonchev–Trinajstić information content (AvgIpc) is 2.52. The molecule has 4 nitrogen and oxygen atoms in total. The van der Waals surface area contributed by atoms with Crippen molar-refractivity contribution >= 4 is 17.6 Å². The molecule has 0 aromatic heterocycles. The van der Waals surface area contributed by atoms with Gasteiger partial charge in [-0.25, -0.2) is 8.78 Å². The minimum absolute atomic E-state index is 0.282. The minimum Gasteiger partial charge on any atom is -0.453 e. The van der Waals surface area contributed by atoms with E-state index in [4.69, 9.17) is 10.00 Å². The Balaban J connectivity index is 2.48. The Kier molecular flexibility index (Phi) is 4.91. The zero-order valence-corrected chi connectivity index (χ0v) is 13.0. The molecule has 0 radical (unpaired) electrons. The molecule has 0 aliphatic heterocycles. The fraction of sp³-hybridized carbons (Fsp3) is 0.176. The van der Waals surface area contributed by atoms with Crippen molar-refractivity contribution in [2.75, 3.05) is 19.0 Å². The van der Waals surface area contributed by atoms with E-state index < -0.39 is 22.9 Å². The molecule has 0 unspecified atom stereocenters. The molecule has 0 aliphatic rings. The Morgan fingerprint density at radius 1 is 1.17 bits per heavy atom. The van der Waals surface area contributed by atoms with E-state index in [1.54, 1.807) is 37.4 Å². The first kappa shape index (κ1) is 16.4. The van der Waals surface area contributed by atoms with Crippen LogP contribution in [-0.2, 0) is 0 Å². The number of anilines is 1. The summed E-state index contributed by atoms with van der Waals surface area (Å²) in [5.74, 6) is -1.78. The first-order valence-electron chi connectivity index (χ1n) is 6.84. The van der Waals surface area contributed by atoms with Crippen LogP contribution < -0.4 is 9.64 Å². The molecule has 2 rings (SSSR count). The summed E-state index contributed by atoms with van der Waals surface area (Å²) in [5, 5.41) is 8.99. The summed E-state index contributed by atoms with van der Waals surface area (Å²) in [4.78, 5) is 6.05. The number of hydrogen-bond acceptors (Lipinski definition) is 4. The molecule has 2 aromatic carbocycles. The first-order valence-corrected chi connectivity index (χ1v) is 6.84. The second kappa shape index (κ2) is 6.88. The van der Waals surface area contributed by atoms with Gasteiger partial charge in [-0.2, -0.15) is 5.26 Å². The van der Waals surface area contributed by atoms with Gasteiger partial charge < -0.3 is 9.64 Å². The van der Waals surface area contributed by atoms with Gasteiger partial charge in [0.25, 0.3) is 0 Å². The highest BCUT2D eigenvalue weighted by Gasteiger charge is 2.17. The Bertz CT molecular complexity index is 795. The summed E-state index contributed by atoms with van der Waals surface area (Å²) in [7, 11) is 3.66. The van der Waals surface area contributed by atoms with Gasteiger partial charge in [-0.15, -0.1) is 0 Å². The van der Waals surface area contributed by atoms with Gasteiger partial charge in [0.15, 0.2) is 11.6 Å². The number of nitriles is 1. The predicted molar refractivity (Wildman–Crippen MR) is 85.7 cm³/mol. The lowest BCUT2D eigenvalue weighted by Gasteiger charge is -2.17. The molecular formula is C17H15F2N3O. The maximum Gasteiger partial charge on any atom is 0.183 e. The molecular weight excluding hydrogens is 300 g/mol. The van der Waals surface area contributed by atoms with E-state index in [9.17, 15) is 8.78 Å². The lowest BCUT2D eigenvalue weighted by atomic mass is 10.2. The molecule has 0 fully saturated rings. The van der Waals surface area contributed by atoms with E-state index in [1.807, 2.05) is 19.0 Å². The van der Waals surface area contributed by atoms with Crippen molar-refractivity contribution in [2.24, 2.45) is 4.99 Å². The molecule has 0 heterocycles. The van der Waals surface area contributed by atoms with Crippen molar-refractivity contribution in [2.45, 2.75) is 6.92 Å². The summed E-state index contributed by atoms with van der Waals surface area (Å²) in [6.45, 7) is 1.80. The zero-order chi connectivity index (χ0) is 17.0. The predicted octanol–water partition coefficient (Wildman–Crippen LogP) is 4.42. The standard InChI is InChI=1S/C17H15F2N3O/c1-4-21-15-8-5-11(9-16(15)22(2)3)23-17-12(10-20)13(18)6-7-14(17)19/h4-9H,1-3H3/b21-4-. The normalized spacial score (nSPS) is 10.6. The Morgan fingerprint density at radius 2 is 1.87 bits per heavy atom. The topological polar surface area (TPSA) is 48.6 Å². The van der Waals surface area contributed by atoms with Crippen LogP contribution in [0.4, 0.5) is 20.2 Å². The number of halogens is 2. The number of hydrogen-bond donors (Lipinski definition) is 0. The third-order valence-electron chi connectivity index (χ3n) is 3.09. The van der Waals surface area contributed by atoms with E-state index in [-0.39, 0.29) is 5.75 Å². The fourth-order valence-corrected chi connectivity index (χ4v) is 2.03. The van der Waals surface area contributed by atoms with Crippen LogP contribution in [-0.4, -0.2) is 20.3 Å². The maximum atomic E-state index is 13.9. The first-order chi connectivity index (χ1) is 11.0. The number of ether oxygens (including phenoxy) is 1. The Labute approximate surface area is 133 Å². The van der Waals surface area contributed by atoms with Crippen LogP contribution >= 0.6 is 0 Å². The van der Waals surface area contributed by atoms with Gasteiger partial charge in [-0.1, -0.05) is 0 Å². The van der Waals surface area contributed by atoms with E-state index in [2.05, 4.69) is 4.99 Å². The number of benzene rings is 2. The highest BCUT2D eigenvalue weighted by molar-refractivity contribution is 5.73. The van der Waals surface area contributed by atoms with Gasteiger partial charge in [0.05, 0.1) is 11.4 Å². The van der Waals surface area contributed by atoms with Crippen LogP contribution in [0.1, 0.15) is 12.5 Å². The summed E-state index contributed by atoms with van der Waals surface area (Å²) in [6, 6.07) is 8.37. The second-order valence-electron chi connectivity index (χ2n) is 4.88. The van der Waals surface area contributed by atoms with Crippen molar-refractivity contribution in [3.8, 4) is 17.6 Å². The van der Waals surface area contributed by atoms with Crippen molar-refractivity contribution in [1.29, 1.82) is 5.26 Å². The summed E-state index contributed by atoms with van der Waals surface area (Å²) in [5.41, 5.74) is 0.994. The van der Waals surface area contributed by atoms with Crippen LogP contribution in [0, 0.1) is 23.0 Å². The van der Waals surface area contributed by atoms with Crippen molar-refractivity contribution in [1.82, 2.24) is 0 Å². The molecule has 0 spiro atoms. The van der Waals surface area contributed by atoms with Gasteiger partial charge in [0.2, 0.25) is 0 Å². The molecule has 0 saturated carbocycles. The second-order valence-corrected chi connectivity index (χ2v) is 4.88. The third kappa shape index (κ3) is 3.46. The molecule has 0 amide bonds. The molecule has 0 N–H and O–H groups in total. The number of nitrogens with zero attached hydrogens (tertiary/aromatic N) is 3. The third-order valence-corrected chi connectivity index (χ3v) is 3.09. The minimum atomic E-state index is -0.830.